The van der Waals surface area contributed by atoms with Gasteiger partial charge in [-0.05, 0) is 18.4 Å². The van der Waals surface area contributed by atoms with Crippen LogP contribution >= 0.6 is 12.4 Å². The molecule has 0 bridgehead atoms. The Morgan fingerprint density at radius 3 is 2.65 bits per heavy atom. The van der Waals surface area contributed by atoms with Crippen molar-refractivity contribution < 1.29 is 4.79 Å². The van der Waals surface area contributed by atoms with Gasteiger partial charge in [-0.15, -0.1) is 12.4 Å². The second kappa shape index (κ2) is 8.28. The first-order chi connectivity index (χ1) is 9.24. The molecule has 2 N–H and O–H groups in total. The SMILES string of the molecule is CC(CN)C(=O)N1CCCCCC1c1ccccc1.Cl. The number of rotatable bonds is 3. The largest absolute Gasteiger partial charge is 0.335 e. The highest BCUT2D eigenvalue weighted by molar-refractivity contribution is 5.85. The van der Waals surface area contributed by atoms with Gasteiger partial charge >= 0.3 is 0 Å². The maximum absolute atomic E-state index is 12.5. The standard InChI is InChI=1S/C16H24N2O.ClH/c1-13(12-17)16(19)18-11-7-3-6-10-15(18)14-8-4-2-5-9-14;/h2,4-5,8-9,13,15H,3,6-7,10-12,17H2,1H3;1H. The Kier molecular flexibility index (Phi) is 7.03. The van der Waals surface area contributed by atoms with Gasteiger partial charge in [0.25, 0.3) is 0 Å². The van der Waals surface area contributed by atoms with Crippen LogP contribution in [0.5, 0.6) is 0 Å². The van der Waals surface area contributed by atoms with E-state index >= 15 is 0 Å². The van der Waals surface area contributed by atoms with E-state index in [0.29, 0.717) is 6.54 Å². The van der Waals surface area contributed by atoms with Crippen LogP contribution in [0.15, 0.2) is 30.3 Å². The summed E-state index contributed by atoms with van der Waals surface area (Å²) in [5.74, 6) is 0.127. The Morgan fingerprint density at radius 1 is 1.30 bits per heavy atom. The average Bonchev–Trinajstić information content (AvgIpc) is 2.72. The molecule has 1 aromatic carbocycles. The van der Waals surface area contributed by atoms with Crippen molar-refractivity contribution in [3.8, 4) is 0 Å². The molecular weight excluding hydrogens is 272 g/mol. The van der Waals surface area contributed by atoms with Crippen LogP contribution in [0.2, 0.25) is 0 Å². The fourth-order valence-corrected chi connectivity index (χ4v) is 2.78. The van der Waals surface area contributed by atoms with Gasteiger partial charge in [-0.25, -0.2) is 0 Å². The smallest absolute Gasteiger partial charge is 0.227 e. The van der Waals surface area contributed by atoms with Crippen LogP contribution in [0.3, 0.4) is 0 Å². The molecule has 1 amide bonds. The number of likely N-dealkylation sites (tertiary alicyclic amines) is 1. The molecule has 0 radical (unpaired) electrons. The van der Waals surface area contributed by atoms with Crippen molar-refractivity contribution in [1.29, 1.82) is 0 Å². The number of nitrogens with two attached hydrogens (primary N) is 1. The van der Waals surface area contributed by atoms with Crippen LogP contribution < -0.4 is 5.73 Å². The molecule has 2 unspecified atom stereocenters. The molecule has 1 saturated heterocycles. The molecular formula is C16H25ClN2O. The van der Waals surface area contributed by atoms with Crippen molar-refractivity contribution in [2.75, 3.05) is 13.1 Å². The summed E-state index contributed by atoms with van der Waals surface area (Å²) in [5, 5.41) is 0. The number of carbonyl (C=O) groups is 1. The van der Waals surface area contributed by atoms with Gasteiger partial charge in [0, 0.05) is 19.0 Å². The zero-order valence-electron chi connectivity index (χ0n) is 12.1. The number of amides is 1. The van der Waals surface area contributed by atoms with E-state index in [1.165, 1.54) is 18.4 Å². The van der Waals surface area contributed by atoms with E-state index in [1.807, 2.05) is 13.0 Å². The molecule has 4 heteroatoms. The zero-order valence-corrected chi connectivity index (χ0v) is 12.9. The van der Waals surface area contributed by atoms with E-state index in [-0.39, 0.29) is 30.3 Å². The van der Waals surface area contributed by atoms with Crippen LogP contribution in [0, 0.1) is 5.92 Å². The number of nitrogens with zero attached hydrogens (tertiary/aromatic N) is 1. The van der Waals surface area contributed by atoms with Gasteiger partial charge in [-0.3, -0.25) is 4.79 Å². The lowest BCUT2D eigenvalue weighted by molar-refractivity contribution is -0.137. The average molecular weight is 297 g/mol. The first kappa shape index (κ1) is 17.0. The van der Waals surface area contributed by atoms with Gasteiger partial charge < -0.3 is 10.6 Å². The molecule has 0 aromatic heterocycles. The molecule has 3 nitrogen and oxygen atoms in total. The van der Waals surface area contributed by atoms with Crippen LogP contribution in [0.25, 0.3) is 0 Å². The van der Waals surface area contributed by atoms with Gasteiger partial charge in [0.2, 0.25) is 5.91 Å². The predicted octanol–water partition coefficient (Wildman–Crippen LogP) is 3.15. The molecule has 2 rings (SSSR count). The van der Waals surface area contributed by atoms with Gasteiger partial charge in [-0.2, -0.15) is 0 Å². The summed E-state index contributed by atoms with van der Waals surface area (Å²) in [6.07, 6.45) is 4.57. The number of carbonyl (C=O) groups excluding carboxylic acids is 1. The van der Waals surface area contributed by atoms with Crippen LogP contribution in [0.4, 0.5) is 0 Å². The molecule has 1 aliphatic rings. The lowest BCUT2D eigenvalue weighted by atomic mass is 9.99. The zero-order chi connectivity index (χ0) is 13.7. The summed E-state index contributed by atoms with van der Waals surface area (Å²) in [4.78, 5) is 14.6. The summed E-state index contributed by atoms with van der Waals surface area (Å²) >= 11 is 0. The van der Waals surface area contributed by atoms with Crippen LogP contribution in [-0.2, 0) is 4.79 Å². The van der Waals surface area contributed by atoms with Crippen molar-refractivity contribution in [1.82, 2.24) is 4.90 Å². The first-order valence-corrected chi connectivity index (χ1v) is 7.29. The molecule has 112 valence electrons. The third-order valence-electron chi connectivity index (χ3n) is 4.00. The van der Waals surface area contributed by atoms with Crippen molar-refractivity contribution in [2.24, 2.45) is 11.7 Å². The second-order valence-corrected chi connectivity index (χ2v) is 5.44. The van der Waals surface area contributed by atoms with E-state index in [2.05, 4.69) is 29.2 Å². The Bertz CT molecular complexity index is 410. The highest BCUT2D eigenvalue weighted by Gasteiger charge is 2.28. The summed E-state index contributed by atoms with van der Waals surface area (Å²) in [7, 11) is 0. The Hall–Kier alpha value is -1.06. The quantitative estimate of drug-likeness (QED) is 0.931. The highest BCUT2D eigenvalue weighted by Crippen LogP contribution is 2.30. The van der Waals surface area contributed by atoms with E-state index < -0.39 is 0 Å². The van der Waals surface area contributed by atoms with Crippen molar-refractivity contribution >= 4 is 18.3 Å². The summed E-state index contributed by atoms with van der Waals surface area (Å²) < 4.78 is 0. The molecule has 0 spiro atoms. The van der Waals surface area contributed by atoms with E-state index in [0.717, 1.165) is 19.4 Å². The number of hydrogen-bond acceptors (Lipinski definition) is 2. The van der Waals surface area contributed by atoms with Gasteiger partial charge in [-0.1, -0.05) is 50.1 Å². The van der Waals surface area contributed by atoms with Gasteiger partial charge in [0.15, 0.2) is 0 Å². The first-order valence-electron chi connectivity index (χ1n) is 7.29. The Morgan fingerprint density at radius 2 is 2.00 bits per heavy atom. The number of halogens is 1. The Labute approximate surface area is 127 Å². The van der Waals surface area contributed by atoms with Gasteiger partial charge in [0.05, 0.1) is 6.04 Å². The van der Waals surface area contributed by atoms with Crippen molar-refractivity contribution in [3.63, 3.8) is 0 Å². The van der Waals surface area contributed by atoms with Gasteiger partial charge in [0.1, 0.15) is 0 Å². The third-order valence-corrected chi connectivity index (χ3v) is 4.00. The molecule has 1 heterocycles. The summed E-state index contributed by atoms with van der Waals surface area (Å²) in [5.41, 5.74) is 6.91. The number of hydrogen-bond donors (Lipinski definition) is 1. The van der Waals surface area contributed by atoms with Crippen molar-refractivity contribution in [2.45, 2.75) is 38.6 Å². The van der Waals surface area contributed by atoms with Crippen LogP contribution in [-0.4, -0.2) is 23.9 Å². The molecule has 0 saturated carbocycles. The highest BCUT2D eigenvalue weighted by atomic mass is 35.5. The molecule has 0 aliphatic carbocycles. The lowest BCUT2D eigenvalue weighted by Gasteiger charge is -2.32. The minimum atomic E-state index is -0.0793. The van der Waals surface area contributed by atoms with Crippen molar-refractivity contribution in [3.05, 3.63) is 35.9 Å². The normalized spacial score (nSPS) is 20.7. The Balaban J connectivity index is 0.00000200. The molecule has 1 fully saturated rings. The third kappa shape index (κ3) is 3.97. The molecule has 1 aliphatic heterocycles. The minimum absolute atomic E-state index is 0. The topological polar surface area (TPSA) is 46.3 Å². The van der Waals surface area contributed by atoms with E-state index in [1.54, 1.807) is 0 Å². The van der Waals surface area contributed by atoms with E-state index in [9.17, 15) is 4.79 Å². The summed E-state index contributed by atoms with van der Waals surface area (Å²) in [6.45, 7) is 3.22. The predicted molar refractivity (Wildman–Crippen MR) is 84.8 cm³/mol. The molecule has 2 atom stereocenters. The minimum Gasteiger partial charge on any atom is -0.335 e. The maximum Gasteiger partial charge on any atom is 0.227 e. The fourth-order valence-electron chi connectivity index (χ4n) is 2.78. The van der Waals surface area contributed by atoms with Crippen LogP contribution in [0.1, 0.15) is 44.2 Å². The fraction of sp³-hybridized carbons (Fsp3) is 0.562. The van der Waals surface area contributed by atoms with E-state index in [4.69, 9.17) is 5.73 Å². The lowest BCUT2D eigenvalue weighted by Crippen LogP contribution is -2.40. The number of benzene rings is 1. The monoisotopic (exact) mass is 296 g/mol. The maximum atomic E-state index is 12.5. The summed E-state index contributed by atoms with van der Waals surface area (Å²) in [6, 6.07) is 10.6. The molecule has 20 heavy (non-hydrogen) atoms. The molecule has 1 aromatic rings. The second-order valence-electron chi connectivity index (χ2n) is 5.44.